The first-order valence-electron chi connectivity index (χ1n) is 5.28. The molecule has 82 valence electrons. The van der Waals surface area contributed by atoms with E-state index in [0.29, 0.717) is 5.82 Å². The minimum absolute atomic E-state index is 0.522. The number of nitrogens with zero attached hydrogens (tertiary/aromatic N) is 2. The quantitative estimate of drug-likeness (QED) is 0.834. The summed E-state index contributed by atoms with van der Waals surface area (Å²) >= 11 is 1.74. The number of nitrogen functional groups attached to an aromatic ring is 1. The molecule has 0 aromatic carbocycles. The van der Waals surface area contributed by atoms with Crippen molar-refractivity contribution in [3.8, 4) is 0 Å². The Kier molecular flexibility index (Phi) is 2.25. The number of thiazole rings is 1. The summed E-state index contributed by atoms with van der Waals surface area (Å²) in [5.41, 5.74) is 7.82. The number of hydrogen-bond acceptors (Lipinski definition) is 5. The molecule has 5 heteroatoms. The zero-order valence-corrected chi connectivity index (χ0v) is 9.55. The van der Waals surface area contributed by atoms with Crippen molar-refractivity contribution in [3.05, 3.63) is 28.9 Å². The average molecular weight is 232 g/mol. The number of rotatable bonds is 2. The van der Waals surface area contributed by atoms with E-state index in [1.807, 2.05) is 12.1 Å². The average Bonchev–Trinajstić information content (AvgIpc) is 2.77. The van der Waals surface area contributed by atoms with Crippen LogP contribution in [0.25, 0.3) is 0 Å². The fraction of sp³-hybridized carbons (Fsp3) is 0.273. The van der Waals surface area contributed by atoms with Crippen molar-refractivity contribution in [1.82, 2.24) is 9.97 Å². The first-order valence-corrected chi connectivity index (χ1v) is 6.10. The second-order valence-corrected chi connectivity index (χ2v) is 4.92. The molecule has 4 nitrogen and oxygen atoms in total. The lowest BCUT2D eigenvalue weighted by Gasteiger charge is -2.02. The molecule has 0 atom stereocenters. The Hall–Kier alpha value is -1.62. The van der Waals surface area contributed by atoms with E-state index in [2.05, 4.69) is 15.3 Å². The number of nitrogens with two attached hydrogens (primary N) is 1. The predicted molar refractivity (Wildman–Crippen MR) is 66.1 cm³/mol. The van der Waals surface area contributed by atoms with Crippen molar-refractivity contribution < 1.29 is 0 Å². The van der Waals surface area contributed by atoms with Crippen molar-refractivity contribution in [1.29, 1.82) is 0 Å². The predicted octanol–water partition coefficient (Wildman–Crippen LogP) is 2.35. The van der Waals surface area contributed by atoms with Crippen LogP contribution in [0.3, 0.4) is 0 Å². The van der Waals surface area contributed by atoms with Gasteiger partial charge in [-0.3, -0.25) is 0 Å². The van der Waals surface area contributed by atoms with Crippen molar-refractivity contribution in [2.45, 2.75) is 19.3 Å². The van der Waals surface area contributed by atoms with E-state index >= 15 is 0 Å². The Bertz CT molecular complexity index is 499. The highest BCUT2D eigenvalue weighted by Gasteiger charge is 2.16. The molecular weight excluding hydrogens is 220 g/mol. The minimum atomic E-state index is 0.522. The van der Waals surface area contributed by atoms with Crippen molar-refractivity contribution in [2.75, 3.05) is 11.1 Å². The van der Waals surface area contributed by atoms with Gasteiger partial charge in [0, 0.05) is 22.8 Å². The van der Waals surface area contributed by atoms with E-state index in [1.54, 1.807) is 17.5 Å². The van der Waals surface area contributed by atoms with E-state index < -0.39 is 0 Å². The summed E-state index contributed by atoms with van der Waals surface area (Å²) in [6, 6.07) is 3.70. The van der Waals surface area contributed by atoms with Crippen LogP contribution in [-0.2, 0) is 12.8 Å². The van der Waals surface area contributed by atoms with Crippen LogP contribution >= 0.6 is 11.3 Å². The van der Waals surface area contributed by atoms with Crippen LogP contribution in [0, 0.1) is 0 Å². The number of nitrogens with one attached hydrogen (secondary N) is 1. The van der Waals surface area contributed by atoms with Gasteiger partial charge in [-0.15, -0.1) is 11.3 Å². The second-order valence-electron chi connectivity index (χ2n) is 3.84. The molecule has 0 bridgehead atoms. The molecule has 2 aromatic heterocycles. The molecule has 0 fully saturated rings. The van der Waals surface area contributed by atoms with Gasteiger partial charge in [0.25, 0.3) is 0 Å². The van der Waals surface area contributed by atoms with Gasteiger partial charge < -0.3 is 11.1 Å². The summed E-state index contributed by atoms with van der Waals surface area (Å²) in [4.78, 5) is 9.94. The Morgan fingerprint density at radius 3 is 3.12 bits per heavy atom. The lowest BCUT2D eigenvalue weighted by Crippen LogP contribution is -1.94. The summed E-state index contributed by atoms with van der Waals surface area (Å²) in [5.74, 6) is 0.522. The maximum atomic E-state index is 5.62. The SMILES string of the molecule is Nc1cc(Nc2nc3c(s2)CCC3)ccn1. The van der Waals surface area contributed by atoms with Gasteiger partial charge >= 0.3 is 0 Å². The van der Waals surface area contributed by atoms with Crippen LogP contribution in [0.2, 0.25) is 0 Å². The zero-order chi connectivity index (χ0) is 11.0. The number of aryl methyl sites for hydroxylation is 2. The molecule has 0 radical (unpaired) electrons. The standard InChI is InChI=1S/C11H12N4S/c12-10-6-7(4-5-13-10)14-11-15-8-2-1-3-9(8)16-11/h4-6H,1-3H2,(H3,12,13,14,15). The highest BCUT2D eigenvalue weighted by molar-refractivity contribution is 7.15. The van der Waals surface area contributed by atoms with Crippen molar-refractivity contribution in [2.24, 2.45) is 0 Å². The van der Waals surface area contributed by atoms with Crippen LogP contribution in [0.4, 0.5) is 16.6 Å². The number of anilines is 3. The van der Waals surface area contributed by atoms with Gasteiger partial charge in [0.1, 0.15) is 5.82 Å². The minimum Gasteiger partial charge on any atom is -0.384 e. The first kappa shape index (κ1) is 9.59. The maximum Gasteiger partial charge on any atom is 0.187 e. The van der Waals surface area contributed by atoms with E-state index in [1.165, 1.54) is 23.4 Å². The highest BCUT2D eigenvalue weighted by Crippen LogP contribution is 2.31. The summed E-state index contributed by atoms with van der Waals surface area (Å²) in [7, 11) is 0. The first-order chi connectivity index (χ1) is 7.81. The van der Waals surface area contributed by atoms with Crippen LogP contribution in [0.1, 0.15) is 17.0 Å². The molecule has 0 saturated heterocycles. The smallest absolute Gasteiger partial charge is 0.187 e. The van der Waals surface area contributed by atoms with Gasteiger partial charge in [-0.25, -0.2) is 9.97 Å². The molecule has 3 rings (SSSR count). The molecule has 0 aliphatic heterocycles. The van der Waals surface area contributed by atoms with Crippen LogP contribution in [0.5, 0.6) is 0 Å². The van der Waals surface area contributed by atoms with Gasteiger partial charge in [0.05, 0.1) is 5.69 Å². The highest BCUT2D eigenvalue weighted by atomic mass is 32.1. The third-order valence-corrected chi connectivity index (χ3v) is 3.70. The molecule has 0 amide bonds. The zero-order valence-electron chi connectivity index (χ0n) is 8.73. The number of pyridine rings is 1. The normalized spacial score (nSPS) is 13.8. The third kappa shape index (κ3) is 1.74. The lowest BCUT2D eigenvalue weighted by atomic mass is 10.4. The van der Waals surface area contributed by atoms with Gasteiger partial charge in [-0.1, -0.05) is 0 Å². The van der Waals surface area contributed by atoms with Crippen molar-refractivity contribution >= 4 is 28.0 Å². The molecule has 2 heterocycles. The van der Waals surface area contributed by atoms with Crippen molar-refractivity contribution in [3.63, 3.8) is 0 Å². The fourth-order valence-corrected chi connectivity index (χ4v) is 2.96. The van der Waals surface area contributed by atoms with E-state index in [0.717, 1.165) is 17.2 Å². The second kappa shape index (κ2) is 3.75. The lowest BCUT2D eigenvalue weighted by molar-refractivity contribution is 0.900. The van der Waals surface area contributed by atoms with E-state index in [4.69, 9.17) is 5.73 Å². The summed E-state index contributed by atoms with van der Waals surface area (Å²) in [5, 5.41) is 4.22. The van der Waals surface area contributed by atoms with Crippen LogP contribution < -0.4 is 11.1 Å². The van der Waals surface area contributed by atoms with Gasteiger partial charge in [-0.2, -0.15) is 0 Å². The molecule has 16 heavy (non-hydrogen) atoms. The molecule has 0 saturated carbocycles. The van der Waals surface area contributed by atoms with Gasteiger partial charge in [0.15, 0.2) is 5.13 Å². The van der Waals surface area contributed by atoms with Crippen LogP contribution in [0.15, 0.2) is 18.3 Å². The van der Waals surface area contributed by atoms with E-state index in [-0.39, 0.29) is 0 Å². The number of fused-ring (bicyclic) bond motifs is 1. The summed E-state index contributed by atoms with van der Waals surface area (Å²) in [6.07, 6.45) is 5.23. The third-order valence-electron chi connectivity index (χ3n) is 2.63. The Morgan fingerprint density at radius 2 is 2.31 bits per heavy atom. The molecule has 0 spiro atoms. The Balaban J connectivity index is 1.83. The maximum absolute atomic E-state index is 5.62. The van der Waals surface area contributed by atoms with Crippen LogP contribution in [-0.4, -0.2) is 9.97 Å². The Morgan fingerprint density at radius 1 is 1.38 bits per heavy atom. The molecule has 1 aliphatic carbocycles. The number of aromatic nitrogens is 2. The Labute approximate surface area is 97.5 Å². The van der Waals surface area contributed by atoms with E-state index in [9.17, 15) is 0 Å². The topological polar surface area (TPSA) is 63.8 Å². The largest absolute Gasteiger partial charge is 0.384 e. The van der Waals surface area contributed by atoms with Gasteiger partial charge in [-0.05, 0) is 25.3 Å². The monoisotopic (exact) mass is 232 g/mol. The fourth-order valence-electron chi connectivity index (χ4n) is 1.89. The number of hydrogen-bond donors (Lipinski definition) is 2. The molecular formula is C11H12N4S. The summed E-state index contributed by atoms with van der Waals surface area (Å²) < 4.78 is 0. The summed E-state index contributed by atoms with van der Waals surface area (Å²) in [6.45, 7) is 0. The molecule has 0 unspecified atom stereocenters. The molecule has 3 N–H and O–H groups in total. The van der Waals surface area contributed by atoms with Gasteiger partial charge in [0.2, 0.25) is 0 Å². The molecule has 1 aliphatic rings. The molecule has 2 aromatic rings.